The first-order valence-electron chi connectivity index (χ1n) is 9.58. The van der Waals surface area contributed by atoms with E-state index in [1.807, 2.05) is 13.8 Å². The second kappa shape index (κ2) is 10.6. The molecular formula is C18H25N5O5S3. The lowest BCUT2D eigenvalue weighted by Crippen LogP contribution is -2.40. The van der Waals surface area contributed by atoms with Gasteiger partial charge in [0.1, 0.15) is 5.75 Å². The summed E-state index contributed by atoms with van der Waals surface area (Å²) in [5, 5.41) is 14.7. The number of thioether (sulfide) groups is 1. The van der Waals surface area contributed by atoms with E-state index < -0.39 is 10.0 Å². The Morgan fingerprint density at radius 1 is 1.32 bits per heavy atom. The average molecular weight is 488 g/mol. The molecule has 1 aromatic carbocycles. The van der Waals surface area contributed by atoms with E-state index in [1.165, 1.54) is 52.7 Å². The third kappa shape index (κ3) is 6.29. The van der Waals surface area contributed by atoms with Crippen LogP contribution in [0, 0.1) is 0 Å². The van der Waals surface area contributed by atoms with Gasteiger partial charge in [0.2, 0.25) is 21.1 Å². The van der Waals surface area contributed by atoms with Crippen LogP contribution in [-0.2, 0) is 19.6 Å². The Balaban J connectivity index is 1.67. The minimum Gasteiger partial charge on any atom is -0.495 e. The fraction of sp³-hybridized carbons (Fsp3) is 0.500. The first-order valence-corrected chi connectivity index (χ1v) is 12.8. The van der Waals surface area contributed by atoms with Crippen LogP contribution in [-0.4, -0.2) is 74.0 Å². The standard InChI is InChI=1S/C18H25N5O5S3/c1-12(2)19-17-21-22-18(30-17)29-11-16(24)20-14-10-13(4-5-15(14)27-3)31(25,26)23-6-8-28-9-7-23/h4-5,10,12H,6-9,11H2,1-3H3,(H,19,21)(H,20,24). The highest BCUT2D eigenvalue weighted by molar-refractivity contribution is 8.01. The Morgan fingerprint density at radius 3 is 2.74 bits per heavy atom. The number of hydrogen-bond donors (Lipinski definition) is 2. The molecule has 31 heavy (non-hydrogen) atoms. The Hall–Kier alpha value is -1.93. The molecule has 2 N–H and O–H groups in total. The molecule has 1 saturated heterocycles. The fourth-order valence-electron chi connectivity index (χ4n) is 2.77. The molecule has 0 radical (unpaired) electrons. The predicted molar refractivity (Wildman–Crippen MR) is 121 cm³/mol. The summed E-state index contributed by atoms with van der Waals surface area (Å²) < 4.78 is 38.4. The molecule has 1 fully saturated rings. The van der Waals surface area contributed by atoms with Crippen molar-refractivity contribution in [1.29, 1.82) is 0 Å². The van der Waals surface area contributed by atoms with E-state index in [1.54, 1.807) is 0 Å². The van der Waals surface area contributed by atoms with Gasteiger partial charge in [-0.2, -0.15) is 4.31 Å². The number of methoxy groups -OCH3 is 1. The largest absolute Gasteiger partial charge is 0.495 e. The van der Waals surface area contributed by atoms with Gasteiger partial charge in [-0.05, 0) is 32.0 Å². The Kier molecular flexibility index (Phi) is 8.11. The molecule has 3 rings (SSSR count). The van der Waals surface area contributed by atoms with E-state index in [0.29, 0.717) is 47.2 Å². The van der Waals surface area contributed by atoms with Gasteiger partial charge < -0.3 is 20.1 Å². The van der Waals surface area contributed by atoms with Gasteiger partial charge in [0, 0.05) is 19.1 Å². The molecule has 0 unspecified atom stereocenters. The van der Waals surface area contributed by atoms with Crippen LogP contribution in [0.15, 0.2) is 27.4 Å². The number of ether oxygens (including phenoxy) is 2. The van der Waals surface area contributed by atoms with Gasteiger partial charge in [0.15, 0.2) is 4.34 Å². The van der Waals surface area contributed by atoms with Crippen molar-refractivity contribution < 1.29 is 22.7 Å². The van der Waals surface area contributed by atoms with E-state index >= 15 is 0 Å². The minimum absolute atomic E-state index is 0.0895. The van der Waals surface area contributed by atoms with Crippen molar-refractivity contribution >= 4 is 49.8 Å². The lowest BCUT2D eigenvalue weighted by atomic mass is 10.3. The van der Waals surface area contributed by atoms with Crippen molar-refractivity contribution in [3.05, 3.63) is 18.2 Å². The molecule has 1 aliphatic heterocycles. The highest BCUT2D eigenvalue weighted by Crippen LogP contribution is 2.30. The molecule has 1 aromatic heterocycles. The maximum atomic E-state index is 12.9. The van der Waals surface area contributed by atoms with Crippen LogP contribution in [0.5, 0.6) is 5.75 Å². The van der Waals surface area contributed by atoms with Crippen LogP contribution in [0.3, 0.4) is 0 Å². The Bertz CT molecular complexity index is 1010. The number of aromatic nitrogens is 2. The number of carbonyl (C=O) groups excluding carboxylic acids is 1. The monoisotopic (exact) mass is 487 g/mol. The van der Waals surface area contributed by atoms with Gasteiger partial charge in [0.25, 0.3) is 0 Å². The third-order valence-electron chi connectivity index (χ3n) is 4.20. The number of benzene rings is 1. The van der Waals surface area contributed by atoms with Gasteiger partial charge in [-0.25, -0.2) is 8.42 Å². The molecule has 2 aromatic rings. The van der Waals surface area contributed by atoms with Crippen LogP contribution in [0.25, 0.3) is 0 Å². The van der Waals surface area contributed by atoms with Gasteiger partial charge in [0.05, 0.1) is 36.7 Å². The van der Waals surface area contributed by atoms with Crippen LogP contribution < -0.4 is 15.4 Å². The molecule has 1 aliphatic rings. The maximum Gasteiger partial charge on any atom is 0.243 e. The van der Waals surface area contributed by atoms with Gasteiger partial charge >= 0.3 is 0 Å². The Labute approximate surface area is 189 Å². The number of nitrogens with zero attached hydrogens (tertiary/aromatic N) is 3. The number of morpholine rings is 1. The number of anilines is 2. The van der Waals surface area contributed by atoms with E-state index in [9.17, 15) is 13.2 Å². The zero-order valence-corrected chi connectivity index (χ0v) is 19.9. The maximum absolute atomic E-state index is 12.9. The number of carbonyl (C=O) groups is 1. The highest BCUT2D eigenvalue weighted by Gasteiger charge is 2.27. The summed E-state index contributed by atoms with van der Waals surface area (Å²) in [4.78, 5) is 12.6. The molecule has 0 saturated carbocycles. The summed E-state index contributed by atoms with van der Waals surface area (Å²) in [5.74, 6) is 0.163. The number of sulfonamides is 1. The van der Waals surface area contributed by atoms with Gasteiger partial charge in [-0.15, -0.1) is 10.2 Å². The minimum atomic E-state index is -3.69. The summed E-state index contributed by atoms with van der Waals surface area (Å²) in [7, 11) is -2.23. The highest BCUT2D eigenvalue weighted by atomic mass is 32.2. The number of nitrogens with one attached hydrogen (secondary N) is 2. The summed E-state index contributed by atoms with van der Waals surface area (Å²) in [6.45, 7) is 5.31. The van der Waals surface area contributed by atoms with E-state index in [0.717, 1.165) is 0 Å². The van der Waals surface area contributed by atoms with E-state index in [2.05, 4.69) is 20.8 Å². The normalized spacial score (nSPS) is 15.1. The van der Waals surface area contributed by atoms with Crippen LogP contribution in [0.4, 0.5) is 10.8 Å². The lowest BCUT2D eigenvalue weighted by Gasteiger charge is -2.26. The fourth-order valence-corrected chi connectivity index (χ4v) is 5.90. The molecule has 0 aliphatic carbocycles. The van der Waals surface area contributed by atoms with Gasteiger partial charge in [-0.3, -0.25) is 4.79 Å². The second-order valence-electron chi connectivity index (χ2n) is 6.89. The molecule has 1 amide bonds. The number of hydrogen-bond acceptors (Lipinski definition) is 10. The van der Waals surface area contributed by atoms with Crippen molar-refractivity contribution in [1.82, 2.24) is 14.5 Å². The van der Waals surface area contributed by atoms with Crippen molar-refractivity contribution in [2.45, 2.75) is 29.1 Å². The zero-order valence-electron chi connectivity index (χ0n) is 17.5. The summed E-state index contributed by atoms with van der Waals surface area (Å²) in [6.07, 6.45) is 0. The van der Waals surface area contributed by atoms with Crippen LogP contribution >= 0.6 is 23.1 Å². The van der Waals surface area contributed by atoms with Crippen molar-refractivity contribution in [3.8, 4) is 5.75 Å². The second-order valence-corrected chi connectivity index (χ2v) is 11.0. The third-order valence-corrected chi connectivity index (χ3v) is 8.08. The molecule has 2 heterocycles. The van der Waals surface area contributed by atoms with Crippen LogP contribution in [0.1, 0.15) is 13.8 Å². The average Bonchev–Trinajstić information content (AvgIpc) is 3.19. The molecular weight excluding hydrogens is 462 g/mol. The molecule has 0 spiro atoms. The summed E-state index contributed by atoms with van der Waals surface area (Å²) in [5.41, 5.74) is 0.293. The zero-order chi connectivity index (χ0) is 22.4. The summed E-state index contributed by atoms with van der Waals surface area (Å²) >= 11 is 2.62. The smallest absolute Gasteiger partial charge is 0.243 e. The van der Waals surface area contributed by atoms with Crippen molar-refractivity contribution in [3.63, 3.8) is 0 Å². The SMILES string of the molecule is COc1ccc(S(=O)(=O)N2CCOCC2)cc1NC(=O)CSc1nnc(NC(C)C)s1. The molecule has 170 valence electrons. The van der Waals surface area contributed by atoms with E-state index in [-0.39, 0.29) is 22.6 Å². The lowest BCUT2D eigenvalue weighted by molar-refractivity contribution is -0.113. The quantitative estimate of drug-likeness (QED) is 0.512. The van der Waals surface area contributed by atoms with Crippen molar-refractivity contribution in [2.75, 3.05) is 49.8 Å². The molecule has 0 atom stereocenters. The molecule has 13 heteroatoms. The predicted octanol–water partition coefficient (Wildman–Crippen LogP) is 2.12. The Morgan fingerprint density at radius 2 is 2.06 bits per heavy atom. The summed E-state index contributed by atoms with van der Waals surface area (Å²) in [6, 6.07) is 4.66. The topological polar surface area (TPSA) is 123 Å². The van der Waals surface area contributed by atoms with Crippen LogP contribution in [0.2, 0.25) is 0 Å². The number of rotatable bonds is 9. The van der Waals surface area contributed by atoms with Gasteiger partial charge in [-0.1, -0.05) is 23.1 Å². The molecule has 10 nitrogen and oxygen atoms in total. The van der Waals surface area contributed by atoms with E-state index in [4.69, 9.17) is 9.47 Å². The number of amides is 1. The first-order chi connectivity index (χ1) is 14.8. The van der Waals surface area contributed by atoms with Crippen molar-refractivity contribution in [2.24, 2.45) is 0 Å². The first kappa shape index (κ1) is 23.7. The molecule has 0 bridgehead atoms.